The van der Waals surface area contributed by atoms with Crippen LogP contribution in [0.3, 0.4) is 0 Å². The molecule has 0 aromatic heterocycles. The molecule has 2 nitrogen and oxygen atoms in total. The number of para-hydroxylation sites is 1. The van der Waals surface area contributed by atoms with Crippen LogP contribution < -0.4 is 4.90 Å². The molecule has 0 bridgehead atoms. The van der Waals surface area contributed by atoms with Crippen molar-refractivity contribution >= 4 is 23.1 Å². The highest BCUT2D eigenvalue weighted by molar-refractivity contribution is 7.99. The van der Waals surface area contributed by atoms with Gasteiger partial charge in [-0.05, 0) is 69.1 Å². The van der Waals surface area contributed by atoms with E-state index in [1.54, 1.807) is 0 Å². The zero-order chi connectivity index (χ0) is 15.8. The molecule has 2 heterocycles. The molecule has 0 aliphatic carbocycles. The van der Waals surface area contributed by atoms with E-state index in [1.807, 2.05) is 11.8 Å². The molecule has 3 heteroatoms. The molecular weight excluding hydrogens is 300 g/mol. The highest BCUT2D eigenvalue weighted by atomic mass is 32.2. The van der Waals surface area contributed by atoms with Gasteiger partial charge in [0.2, 0.25) is 0 Å². The van der Waals surface area contributed by atoms with Crippen molar-refractivity contribution < 1.29 is 0 Å². The number of piperidine rings is 1. The Balaban J connectivity index is 1.71. The molecule has 0 N–H and O–H groups in total. The van der Waals surface area contributed by atoms with E-state index in [0.29, 0.717) is 0 Å². The van der Waals surface area contributed by atoms with E-state index in [0.717, 1.165) is 12.5 Å². The molecule has 0 radical (unpaired) electrons. The van der Waals surface area contributed by atoms with Crippen molar-refractivity contribution in [3.63, 3.8) is 0 Å². The first-order valence-electron chi connectivity index (χ1n) is 8.54. The SMILES string of the molecule is Cc1ccc2c(c1)N(C[C@H]1CCCN(C)C1)c1ccccc1S2. The van der Waals surface area contributed by atoms with Gasteiger partial charge in [-0.3, -0.25) is 0 Å². The maximum atomic E-state index is 2.57. The lowest BCUT2D eigenvalue weighted by atomic mass is 9.97. The smallest absolute Gasteiger partial charge is 0.0555 e. The van der Waals surface area contributed by atoms with Gasteiger partial charge in [0.1, 0.15) is 0 Å². The second-order valence-electron chi connectivity index (χ2n) is 6.92. The fourth-order valence-corrected chi connectivity index (χ4v) is 4.89. The van der Waals surface area contributed by atoms with Gasteiger partial charge < -0.3 is 9.80 Å². The summed E-state index contributed by atoms with van der Waals surface area (Å²) in [7, 11) is 2.25. The van der Waals surface area contributed by atoms with Gasteiger partial charge in [0, 0.05) is 22.9 Å². The number of fused-ring (bicyclic) bond motifs is 2. The number of rotatable bonds is 2. The Bertz CT molecular complexity index is 713. The van der Waals surface area contributed by atoms with Crippen LogP contribution in [0.5, 0.6) is 0 Å². The fourth-order valence-electron chi connectivity index (χ4n) is 3.82. The lowest BCUT2D eigenvalue weighted by Gasteiger charge is -2.38. The third-order valence-electron chi connectivity index (χ3n) is 4.94. The average molecular weight is 324 g/mol. The molecule has 120 valence electrons. The first-order valence-corrected chi connectivity index (χ1v) is 9.36. The second kappa shape index (κ2) is 6.21. The monoisotopic (exact) mass is 324 g/mol. The van der Waals surface area contributed by atoms with Gasteiger partial charge in [-0.1, -0.05) is 30.0 Å². The minimum absolute atomic E-state index is 0.748. The standard InChI is InChI=1S/C20H24N2S/c1-15-9-10-20-18(12-15)22(14-16-6-5-11-21(2)13-16)17-7-3-4-8-19(17)23-20/h3-4,7-10,12,16H,5-6,11,13-14H2,1-2H3/t16-/m0/s1. The van der Waals surface area contributed by atoms with Crippen molar-refractivity contribution in [3.05, 3.63) is 48.0 Å². The van der Waals surface area contributed by atoms with Crippen LogP contribution in [0.2, 0.25) is 0 Å². The summed E-state index contributed by atoms with van der Waals surface area (Å²) in [5, 5.41) is 0. The molecule has 0 spiro atoms. The van der Waals surface area contributed by atoms with E-state index in [4.69, 9.17) is 0 Å². The van der Waals surface area contributed by atoms with E-state index in [1.165, 1.54) is 52.7 Å². The molecule has 23 heavy (non-hydrogen) atoms. The number of benzene rings is 2. The maximum Gasteiger partial charge on any atom is 0.0555 e. The minimum Gasteiger partial charge on any atom is -0.339 e. The zero-order valence-corrected chi connectivity index (χ0v) is 14.8. The highest BCUT2D eigenvalue weighted by Gasteiger charge is 2.27. The molecule has 1 fully saturated rings. The van der Waals surface area contributed by atoms with Crippen molar-refractivity contribution in [2.75, 3.05) is 31.6 Å². The summed E-state index contributed by atoms with van der Waals surface area (Å²) in [6.45, 7) is 5.78. The number of anilines is 2. The Kier molecular flexibility index (Phi) is 4.08. The van der Waals surface area contributed by atoms with Gasteiger partial charge in [0.05, 0.1) is 11.4 Å². The summed E-state index contributed by atoms with van der Waals surface area (Å²) in [4.78, 5) is 7.82. The van der Waals surface area contributed by atoms with Crippen LogP contribution in [0, 0.1) is 12.8 Å². The van der Waals surface area contributed by atoms with E-state index in [9.17, 15) is 0 Å². The average Bonchev–Trinajstić information content (AvgIpc) is 2.55. The molecule has 2 aliphatic heterocycles. The third kappa shape index (κ3) is 3.00. The summed E-state index contributed by atoms with van der Waals surface area (Å²) >= 11 is 1.91. The Hall–Kier alpha value is -1.45. The molecule has 2 aromatic rings. The zero-order valence-electron chi connectivity index (χ0n) is 14.0. The van der Waals surface area contributed by atoms with Crippen LogP contribution in [-0.2, 0) is 0 Å². The first kappa shape index (κ1) is 15.1. The van der Waals surface area contributed by atoms with Gasteiger partial charge in [0.15, 0.2) is 0 Å². The molecule has 2 aliphatic rings. The quantitative estimate of drug-likeness (QED) is 0.772. The maximum absolute atomic E-state index is 2.57. The number of hydrogen-bond acceptors (Lipinski definition) is 3. The van der Waals surface area contributed by atoms with Gasteiger partial charge in [-0.15, -0.1) is 0 Å². The fraction of sp³-hybridized carbons (Fsp3) is 0.400. The summed E-state index contributed by atoms with van der Waals surface area (Å²) < 4.78 is 0. The molecule has 0 amide bonds. The van der Waals surface area contributed by atoms with Crippen molar-refractivity contribution in [2.45, 2.75) is 29.6 Å². The van der Waals surface area contributed by atoms with E-state index >= 15 is 0 Å². The summed E-state index contributed by atoms with van der Waals surface area (Å²) in [5.41, 5.74) is 4.11. The Morgan fingerprint density at radius 2 is 1.91 bits per heavy atom. The molecule has 1 atom stereocenters. The van der Waals surface area contributed by atoms with Crippen molar-refractivity contribution in [1.82, 2.24) is 4.90 Å². The number of nitrogens with zero attached hydrogens (tertiary/aromatic N) is 2. The highest BCUT2D eigenvalue weighted by Crippen LogP contribution is 2.48. The number of hydrogen-bond donors (Lipinski definition) is 0. The van der Waals surface area contributed by atoms with Crippen LogP contribution in [0.4, 0.5) is 11.4 Å². The van der Waals surface area contributed by atoms with Crippen molar-refractivity contribution in [3.8, 4) is 0 Å². The summed E-state index contributed by atoms with van der Waals surface area (Å²) in [6.07, 6.45) is 2.67. The molecule has 0 saturated carbocycles. The largest absolute Gasteiger partial charge is 0.339 e. The van der Waals surface area contributed by atoms with Crippen LogP contribution in [0.25, 0.3) is 0 Å². The van der Waals surface area contributed by atoms with E-state index in [-0.39, 0.29) is 0 Å². The number of aryl methyl sites for hydroxylation is 1. The molecule has 0 unspecified atom stereocenters. The predicted octanol–water partition coefficient (Wildman–Crippen LogP) is 4.94. The Morgan fingerprint density at radius 3 is 2.78 bits per heavy atom. The minimum atomic E-state index is 0.748. The molecule has 2 aromatic carbocycles. The lowest BCUT2D eigenvalue weighted by molar-refractivity contribution is 0.214. The van der Waals surface area contributed by atoms with Gasteiger partial charge in [-0.2, -0.15) is 0 Å². The Morgan fingerprint density at radius 1 is 1.09 bits per heavy atom. The van der Waals surface area contributed by atoms with E-state index < -0.39 is 0 Å². The second-order valence-corrected chi connectivity index (χ2v) is 8.01. The van der Waals surface area contributed by atoms with Crippen molar-refractivity contribution in [1.29, 1.82) is 0 Å². The van der Waals surface area contributed by atoms with Crippen LogP contribution >= 0.6 is 11.8 Å². The Labute approximate surface area is 143 Å². The van der Waals surface area contributed by atoms with Gasteiger partial charge in [0.25, 0.3) is 0 Å². The predicted molar refractivity (Wildman–Crippen MR) is 99.0 cm³/mol. The van der Waals surface area contributed by atoms with Gasteiger partial charge >= 0.3 is 0 Å². The van der Waals surface area contributed by atoms with Crippen molar-refractivity contribution in [2.24, 2.45) is 5.92 Å². The van der Waals surface area contributed by atoms with Crippen LogP contribution in [0.1, 0.15) is 18.4 Å². The van der Waals surface area contributed by atoms with Gasteiger partial charge in [-0.25, -0.2) is 0 Å². The van der Waals surface area contributed by atoms with E-state index in [2.05, 4.69) is 66.2 Å². The van der Waals surface area contributed by atoms with Crippen LogP contribution in [-0.4, -0.2) is 31.6 Å². The number of likely N-dealkylation sites (tertiary alicyclic amines) is 1. The van der Waals surface area contributed by atoms with Crippen LogP contribution in [0.15, 0.2) is 52.3 Å². The summed E-state index contributed by atoms with van der Waals surface area (Å²) in [6, 6.07) is 15.7. The molecular formula is C20H24N2S. The topological polar surface area (TPSA) is 6.48 Å². The summed E-state index contributed by atoms with van der Waals surface area (Å²) in [5.74, 6) is 0.748. The third-order valence-corrected chi connectivity index (χ3v) is 6.07. The molecule has 4 rings (SSSR count). The normalized spacial score (nSPS) is 21.0. The lowest BCUT2D eigenvalue weighted by Crippen LogP contribution is -2.38. The molecule has 1 saturated heterocycles. The first-order chi connectivity index (χ1) is 11.2.